The van der Waals surface area contributed by atoms with Gasteiger partial charge in [0.1, 0.15) is 12.4 Å². The molecule has 0 atom stereocenters. The topological polar surface area (TPSA) is 92.9 Å². The summed E-state index contributed by atoms with van der Waals surface area (Å²) in [4.78, 5) is 9.32. The van der Waals surface area contributed by atoms with Crippen molar-refractivity contribution in [1.82, 2.24) is 20.2 Å². The van der Waals surface area contributed by atoms with Crippen LogP contribution < -0.4 is 20.1 Å². The molecule has 2 aromatic carbocycles. The molecule has 0 spiro atoms. The number of hydrogen-bond donors (Lipinski definition) is 3. The van der Waals surface area contributed by atoms with Crippen LogP contribution >= 0.6 is 24.0 Å². The minimum absolute atomic E-state index is 0. The third-order valence-electron chi connectivity index (χ3n) is 5.04. The lowest BCUT2D eigenvalue weighted by atomic mass is 10.2. The van der Waals surface area contributed by atoms with E-state index in [4.69, 9.17) is 19.6 Å². The second-order valence-electron chi connectivity index (χ2n) is 7.33. The molecule has 33 heavy (non-hydrogen) atoms. The Bertz CT molecular complexity index is 1040. The maximum absolute atomic E-state index is 8.94. The van der Waals surface area contributed by atoms with Gasteiger partial charge in [-0.05, 0) is 50.1 Å². The number of aliphatic hydroxyl groups excluding tert-OH is 1. The number of nitrogens with one attached hydrogen (secondary N) is 2. The number of aromatic nitrogens is 2. The molecule has 0 aliphatic heterocycles. The molecule has 0 radical (unpaired) electrons. The molecule has 9 heteroatoms. The molecule has 0 aliphatic carbocycles. The molecule has 1 heterocycles. The Balaban J connectivity index is 0.00000385. The van der Waals surface area contributed by atoms with E-state index in [1.807, 2.05) is 37.3 Å². The number of ether oxygens (including phenoxy) is 2. The van der Waals surface area contributed by atoms with Gasteiger partial charge in [0.15, 0.2) is 17.5 Å². The highest BCUT2D eigenvalue weighted by molar-refractivity contribution is 14.0. The number of halogens is 1. The van der Waals surface area contributed by atoms with Gasteiger partial charge in [-0.25, -0.2) is 9.98 Å². The van der Waals surface area contributed by atoms with E-state index in [0.717, 1.165) is 48.9 Å². The van der Waals surface area contributed by atoms with Gasteiger partial charge >= 0.3 is 0 Å². The maximum atomic E-state index is 8.94. The van der Waals surface area contributed by atoms with Gasteiger partial charge in [0.2, 0.25) is 0 Å². The number of nitrogens with zero attached hydrogens (tertiary/aromatic N) is 3. The van der Waals surface area contributed by atoms with Crippen molar-refractivity contribution in [2.75, 3.05) is 33.4 Å². The zero-order chi connectivity index (χ0) is 22.8. The van der Waals surface area contributed by atoms with E-state index < -0.39 is 0 Å². The molecule has 0 saturated heterocycles. The fourth-order valence-electron chi connectivity index (χ4n) is 3.52. The third kappa shape index (κ3) is 7.50. The first-order chi connectivity index (χ1) is 15.7. The number of hydrogen-bond acceptors (Lipinski definition) is 5. The Labute approximate surface area is 212 Å². The lowest BCUT2D eigenvalue weighted by Gasteiger charge is -2.13. The second kappa shape index (κ2) is 13.9. The molecule has 3 N–H and O–H groups in total. The number of aliphatic hydroxyl groups is 1. The summed E-state index contributed by atoms with van der Waals surface area (Å²) in [5, 5.41) is 15.6. The fourth-order valence-corrected chi connectivity index (χ4v) is 3.52. The minimum atomic E-state index is -0.0381. The van der Waals surface area contributed by atoms with Crippen LogP contribution in [0.4, 0.5) is 0 Å². The number of para-hydroxylation sites is 2. The fraction of sp³-hybridized carbons (Fsp3) is 0.417. The first-order valence-corrected chi connectivity index (χ1v) is 11.0. The van der Waals surface area contributed by atoms with Crippen LogP contribution in [0, 0.1) is 6.92 Å². The van der Waals surface area contributed by atoms with Crippen molar-refractivity contribution in [3.8, 4) is 11.5 Å². The van der Waals surface area contributed by atoms with E-state index in [2.05, 4.69) is 39.2 Å². The lowest BCUT2D eigenvalue weighted by Crippen LogP contribution is -2.38. The van der Waals surface area contributed by atoms with Gasteiger partial charge < -0.3 is 29.8 Å². The molecule has 1 aromatic heterocycles. The van der Waals surface area contributed by atoms with Gasteiger partial charge in [-0.15, -0.1) is 24.0 Å². The van der Waals surface area contributed by atoms with Gasteiger partial charge in [-0.1, -0.05) is 18.2 Å². The Morgan fingerprint density at radius 3 is 2.73 bits per heavy atom. The Morgan fingerprint density at radius 2 is 1.97 bits per heavy atom. The highest BCUT2D eigenvalue weighted by Crippen LogP contribution is 2.28. The molecular formula is C24H34IN5O3. The number of aryl methyl sites for hydroxylation is 2. The number of guanidine groups is 1. The summed E-state index contributed by atoms with van der Waals surface area (Å²) in [6.07, 6.45) is 0.955. The van der Waals surface area contributed by atoms with E-state index in [1.54, 1.807) is 7.11 Å². The van der Waals surface area contributed by atoms with Crippen molar-refractivity contribution < 1.29 is 14.6 Å². The Morgan fingerprint density at radius 1 is 1.15 bits per heavy atom. The average Bonchev–Trinajstić information content (AvgIpc) is 3.13. The summed E-state index contributed by atoms with van der Waals surface area (Å²) in [5.41, 5.74) is 3.22. The van der Waals surface area contributed by atoms with Crippen LogP contribution in [0.5, 0.6) is 11.5 Å². The number of fused-ring (bicyclic) bond motifs is 1. The molecule has 180 valence electrons. The van der Waals surface area contributed by atoms with Crippen LogP contribution in [0.1, 0.15) is 24.7 Å². The Hall–Kier alpha value is -2.53. The van der Waals surface area contributed by atoms with E-state index in [-0.39, 0.29) is 37.2 Å². The van der Waals surface area contributed by atoms with Gasteiger partial charge in [-0.3, -0.25) is 0 Å². The summed E-state index contributed by atoms with van der Waals surface area (Å²) in [7, 11) is 1.60. The SMILES string of the molecule is CCNC(=NCc1ccc(OCCO)c(OC)c1)NCCCn1c(C)nc2ccccc21.I. The van der Waals surface area contributed by atoms with Crippen LogP contribution in [0.3, 0.4) is 0 Å². The first kappa shape index (κ1) is 26.7. The van der Waals surface area contributed by atoms with Crippen molar-refractivity contribution in [1.29, 1.82) is 0 Å². The maximum Gasteiger partial charge on any atom is 0.191 e. The zero-order valence-corrected chi connectivity index (χ0v) is 21.8. The van der Waals surface area contributed by atoms with Crippen LogP contribution in [-0.4, -0.2) is 54.0 Å². The molecule has 0 unspecified atom stereocenters. The van der Waals surface area contributed by atoms with Crippen molar-refractivity contribution in [2.45, 2.75) is 33.4 Å². The monoisotopic (exact) mass is 567 g/mol. The second-order valence-corrected chi connectivity index (χ2v) is 7.33. The number of methoxy groups -OCH3 is 1. The zero-order valence-electron chi connectivity index (χ0n) is 19.5. The standard InChI is InChI=1S/C24H33N5O3.HI/c1-4-25-24(27-17-19-10-11-22(32-15-14-30)23(16-19)31-3)26-12-7-13-29-18(2)28-20-8-5-6-9-21(20)29;/h5-6,8-11,16,30H,4,7,12-15,17H2,1-3H3,(H2,25,26,27);1H. The van der Waals surface area contributed by atoms with Crippen molar-refractivity contribution in [3.05, 3.63) is 53.9 Å². The molecule has 0 fully saturated rings. The summed E-state index contributed by atoms with van der Waals surface area (Å²) in [6.45, 7) is 7.29. The van der Waals surface area contributed by atoms with Gasteiger partial charge in [0.25, 0.3) is 0 Å². The Kier molecular flexibility index (Phi) is 11.2. The van der Waals surface area contributed by atoms with E-state index in [1.165, 1.54) is 5.52 Å². The number of aliphatic imine (C=N–C) groups is 1. The van der Waals surface area contributed by atoms with Gasteiger partial charge in [-0.2, -0.15) is 0 Å². The highest BCUT2D eigenvalue weighted by Gasteiger charge is 2.08. The van der Waals surface area contributed by atoms with E-state index in [0.29, 0.717) is 18.0 Å². The van der Waals surface area contributed by atoms with Crippen molar-refractivity contribution in [3.63, 3.8) is 0 Å². The molecular weight excluding hydrogens is 533 g/mol. The average molecular weight is 567 g/mol. The van der Waals surface area contributed by atoms with Gasteiger partial charge in [0, 0.05) is 19.6 Å². The summed E-state index contributed by atoms with van der Waals surface area (Å²) in [5.74, 6) is 3.06. The molecule has 0 saturated carbocycles. The molecule has 0 aliphatic rings. The summed E-state index contributed by atoms with van der Waals surface area (Å²) < 4.78 is 13.1. The third-order valence-corrected chi connectivity index (χ3v) is 5.04. The first-order valence-electron chi connectivity index (χ1n) is 11.0. The van der Waals surface area contributed by atoms with Crippen LogP contribution in [0.15, 0.2) is 47.5 Å². The predicted octanol–water partition coefficient (Wildman–Crippen LogP) is 3.49. The summed E-state index contributed by atoms with van der Waals surface area (Å²) >= 11 is 0. The van der Waals surface area contributed by atoms with Crippen LogP contribution in [0.25, 0.3) is 11.0 Å². The normalized spacial score (nSPS) is 11.2. The quantitative estimate of drug-likeness (QED) is 0.142. The lowest BCUT2D eigenvalue weighted by molar-refractivity contribution is 0.196. The van der Waals surface area contributed by atoms with E-state index >= 15 is 0 Å². The van der Waals surface area contributed by atoms with Crippen LogP contribution in [0.2, 0.25) is 0 Å². The highest BCUT2D eigenvalue weighted by atomic mass is 127. The molecule has 0 amide bonds. The van der Waals surface area contributed by atoms with Crippen molar-refractivity contribution >= 4 is 41.0 Å². The van der Waals surface area contributed by atoms with E-state index in [9.17, 15) is 0 Å². The van der Waals surface area contributed by atoms with Gasteiger partial charge in [0.05, 0.1) is 31.3 Å². The smallest absolute Gasteiger partial charge is 0.191 e. The minimum Gasteiger partial charge on any atom is -0.493 e. The number of rotatable bonds is 11. The summed E-state index contributed by atoms with van der Waals surface area (Å²) in [6, 6.07) is 13.9. The predicted molar refractivity (Wildman–Crippen MR) is 143 cm³/mol. The number of imidazole rings is 1. The largest absolute Gasteiger partial charge is 0.493 e. The molecule has 3 rings (SSSR count). The van der Waals surface area contributed by atoms with Crippen molar-refractivity contribution in [2.24, 2.45) is 4.99 Å². The molecule has 0 bridgehead atoms. The molecule has 3 aromatic rings. The molecule has 8 nitrogen and oxygen atoms in total. The number of benzene rings is 2. The van der Waals surface area contributed by atoms with Crippen LogP contribution in [-0.2, 0) is 13.1 Å².